The van der Waals surface area contributed by atoms with Gasteiger partial charge in [0.05, 0.1) is 13.7 Å². The highest BCUT2D eigenvalue weighted by Crippen LogP contribution is 2.32. The molecule has 5 heteroatoms. The van der Waals surface area contributed by atoms with E-state index in [2.05, 4.69) is 0 Å². The van der Waals surface area contributed by atoms with Crippen LogP contribution >= 0.6 is 0 Å². The standard InChI is InChI=1S/C10H13F2NO2/c1-15-8-4-2-3-7(9(8)14)5-10(11,12)6-13/h2-4,14H,5-6,13H2,1H3. The number of nitrogens with two attached hydrogens (primary N) is 1. The third-order valence-corrected chi connectivity index (χ3v) is 2.05. The maximum Gasteiger partial charge on any atom is 0.264 e. The molecule has 0 fully saturated rings. The quantitative estimate of drug-likeness (QED) is 0.804. The van der Waals surface area contributed by atoms with Crippen molar-refractivity contribution in [3.63, 3.8) is 0 Å². The van der Waals surface area contributed by atoms with Crippen LogP contribution in [0.25, 0.3) is 0 Å². The number of para-hydroxylation sites is 1. The van der Waals surface area contributed by atoms with Crippen molar-refractivity contribution in [1.29, 1.82) is 0 Å². The lowest BCUT2D eigenvalue weighted by molar-refractivity contribution is 0.0109. The molecule has 1 rings (SSSR count). The van der Waals surface area contributed by atoms with Gasteiger partial charge in [0.1, 0.15) is 0 Å². The zero-order chi connectivity index (χ0) is 11.5. The van der Waals surface area contributed by atoms with Gasteiger partial charge in [-0.1, -0.05) is 12.1 Å². The summed E-state index contributed by atoms with van der Waals surface area (Å²) >= 11 is 0. The van der Waals surface area contributed by atoms with Crippen LogP contribution in [0.15, 0.2) is 18.2 Å². The number of ether oxygens (including phenoxy) is 1. The topological polar surface area (TPSA) is 55.5 Å². The summed E-state index contributed by atoms with van der Waals surface area (Å²) in [6.07, 6.45) is -0.591. The fourth-order valence-electron chi connectivity index (χ4n) is 1.23. The molecule has 0 bridgehead atoms. The second kappa shape index (κ2) is 4.44. The van der Waals surface area contributed by atoms with Gasteiger partial charge in [-0.05, 0) is 6.07 Å². The van der Waals surface area contributed by atoms with Crippen molar-refractivity contribution >= 4 is 0 Å². The van der Waals surface area contributed by atoms with Crippen molar-refractivity contribution in [3.05, 3.63) is 23.8 Å². The molecule has 0 aliphatic rings. The van der Waals surface area contributed by atoms with Gasteiger partial charge in [-0.15, -0.1) is 0 Å². The van der Waals surface area contributed by atoms with E-state index in [-0.39, 0.29) is 17.1 Å². The predicted molar refractivity (Wildman–Crippen MR) is 52.4 cm³/mol. The summed E-state index contributed by atoms with van der Waals surface area (Å²) in [7, 11) is 1.36. The van der Waals surface area contributed by atoms with Gasteiger partial charge in [-0.2, -0.15) is 0 Å². The number of halogens is 2. The Morgan fingerprint density at radius 1 is 1.47 bits per heavy atom. The maximum absolute atomic E-state index is 13.0. The zero-order valence-corrected chi connectivity index (χ0v) is 8.34. The Kier molecular flexibility index (Phi) is 3.47. The van der Waals surface area contributed by atoms with Crippen LogP contribution in [0, 0.1) is 0 Å². The first-order chi connectivity index (χ1) is 7.00. The van der Waals surface area contributed by atoms with E-state index < -0.39 is 18.9 Å². The first-order valence-electron chi connectivity index (χ1n) is 4.43. The van der Waals surface area contributed by atoms with Crippen LogP contribution in [0.5, 0.6) is 11.5 Å². The van der Waals surface area contributed by atoms with Crippen LogP contribution in [0.4, 0.5) is 8.78 Å². The van der Waals surface area contributed by atoms with Crippen LogP contribution in [0.3, 0.4) is 0 Å². The molecule has 0 amide bonds. The Morgan fingerprint density at radius 2 is 2.13 bits per heavy atom. The third kappa shape index (κ3) is 2.79. The fourth-order valence-corrected chi connectivity index (χ4v) is 1.23. The van der Waals surface area contributed by atoms with Crippen LogP contribution < -0.4 is 10.5 Å². The molecule has 0 radical (unpaired) electrons. The Hall–Kier alpha value is -1.36. The number of hydrogen-bond donors (Lipinski definition) is 2. The van der Waals surface area contributed by atoms with Crippen molar-refractivity contribution < 1.29 is 18.6 Å². The Bertz CT molecular complexity index is 342. The van der Waals surface area contributed by atoms with E-state index in [1.165, 1.54) is 19.2 Å². The van der Waals surface area contributed by atoms with Crippen LogP contribution in [0.2, 0.25) is 0 Å². The Balaban J connectivity index is 2.95. The molecule has 0 saturated heterocycles. The molecule has 84 valence electrons. The molecule has 0 spiro atoms. The molecular formula is C10H13F2NO2. The van der Waals surface area contributed by atoms with E-state index in [9.17, 15) is 13.9 Å². The van der Waals surface area contributed by atoms with E-state index >= 15 is 0 Å². The summed E-state index contributed by atoms with van der Waals surface area (Å²) < 4.78 is 30.8. The van der Waals surface area contributed by atoms with Crippen LogP contribution in [0.1, 0.15) is 5.56 Å². The third-order valence-electron chi connectivity index (χ3n) is 2.05. The molecule has 0 aliphatic carbocycles. The monoisotopic (exact) mass is 217 g/mol. The fraction of sp³-hybridized carbons (Fsp3) is 0.400. The normalized spacial score (nSPS) is 11.5. The number of alkyl halides is 2. The molecule has 3 nitrogen and oxygen atoms in total. The van der Waals surface area contributed by atoms with Crippen LogP contribution in [-0.2, 0) is 6.42 Å². The molecule has 0 atom stereocenters. The summed E-state index contributed by atoms with van der Waals surface area (Å²) in [4.78, 5) is 0. The van der Waals surface area contributed by atoms with Gasteiger partial charge in [0.15, 0.2) is 11.5 Å². The number of phenols is 1. The number of phenolic OH excluding ortho intramolecular Hbond substituents is 1. The van der Waals surface area contributed by atoms with E-state index in [0.717, 1.165) is 0 Å². The van der Waals surface area contributed by atoms with E-state index in [1.807, 2.05) is 0 Å². The molecule has 1 aromatic carbocycles. The van der Waals surface area contributed by atoms with Gasteiger partial charge in [0, 0.05) is 12.0 Å². The average Bonchev–Trinajstić information content (AvgIpc) is 2.21. The lowest BCUT2D eigenvalue weighted by atomic mass is 10.1. The molecular weight excluding hydrogens is 204 g/mol. The van der Waals surface area contributed by atoms with Gasteiger partial charge < -0.3 is 15.6 Å². The summed E-state index contributed by atoms with van der Waals surface area (Å²) in [5.41, 5.74) is 5.04. The molecule has 0 saturated carbocycles. The lowest BCUT2D eigenvalue weighted by Gasteiger charge is -2.15. The van der Waals surface area contributed by atoms with Gasteiger partial charge in [-0.25, -0.2) is 8.78 Å². The zero-order valence-electron chi connectivity index (χ0n) is 8.34. The van der Waals surface area contributed by atoms with Gasteiger partial charge in [-0.3, -0.25) is 0 Å². The second-order valence-corrected chi connectivity index (χ2v) is 3.20. The van der Waals surface area contributed by atoms with Crippen molar-refractivity contribution in [2.24, 2.45) is 5.73 Å². The lowest BCUT2D eigenvalue weighted by Crippen LogP contribution is -2.30. The van der Waals surface area contributed by atoms with Crippen molar-refractivity contribution in [1.82, 2.24) is 0 Å². The molecule has 0 heterocycles. The number of methoxy groups -OCH3 is 1. The summed E-state index contributed by atoms with van der Waals surface area (Å²) in [6.45, 7) is -0.746. The highest BCUT2D eigenvalue weighted by molar-refractivity contribution is 5.45. The Morgan fingerprint density at radius 3 is 2.67 bits per heavy atom. The number of rotatable bonds is 4. The smallest absolute Gasteiger partial charge is 0.264 e. The van der Waals surface area contributed by atoms with E-state index in [1.54, 1.807) is 6.07 Å². The highest BCUT2D eigenvalue weighted by Gasteiger charge is 2.28. The van der Waals surface area contributed by atoms with Crippen LogP contribution in [-0.4, -0.2) is 24.7 Å². The molecule has 15 heavy (non-hydrogen) atoms. The molecule has 1 aromatic rings. The number of benzene rings is 1. The number of hydrogen-bond acceptors (Lipinski definition) is 3. The summed E-state index contributed by atoms with van der Waals surface area (Å²) in [5.74, 6) is -3.09. The first kappa shape index (κ1) is 11.7. The molecule has 3 N–H and O–H groups in total. The SMILES string of the molecule is COc1cccc(CC(F)(F)CN)c1O. The number of aromatic hydroxyl groups is 1. The first-order valence-corrected chi connectivity index (χ1v) is 4.43. The summed E-state index contributed by atoms with van der Waals surface area (Å²) in [5, 5.41) is 9.55. The molecule has 0 aromatic heterocycles. The minimum Gasteiger partial charge on any atom is -0.504 e. The van der Waals surface area contributed by atoms with Gasteiger partial charge >= 0.3 is 0 Å². The van der Waals surface area contributed by atoms with E-state index in [4.69, 9.17) is 10.5 Å². The molecule has 0 unspecified atom stereocenters. The second-order valence-electron chi connectivity index (χ2n) is 3.20. The van der Waals surface area contributed by atoms with Gasteiger partial charge in [0.2, 0.25) is 0 Å². The minimum atomic E-state index is -3.01. The summed E-state index contributed by atoms with van der Waals surface area (Å²) in [6, 6.07) is 4.46. The van der Waals surface area contributed by atoms with Crippen molar-refractivity contribution in [2.45, 2.75) is 12.3 Å². The average molecular weight is 217 g/mol. The van der Waals surface area contributed by atoms with Gasteiger partial charge in [0.25, 0.3) is 5.92 Å². The van der Waals surface area contributed by atoms with Crippen molar-refractivity contribution in [3.8, 4) is 11.5 Å². The van der Waals surface area contributed by atoms with E-state index in [0.29, 0.717) is 0 Å². The largest absolute Gasteiger partial charge is 0.504 e. The highest BCUT2D eigenvalue weighted by atomic mass is 19.3. The molecule has 0 aliphatic heterocycles. The van der Waals surface area contributed by atoms with Crippen molar-refractivity contribution in [2.75, 3.05) is 13.7 Å². The minimum absolute atomic E-state index is 0.129. The predicted octanol–water partition coefficient (Wildman–Crippen LogP) is 1.54. The Labute approximate surface area is 86.5 Å². The maximum atomic E-state index is 13.0.